The van der Waals surface area contributed by atoms with Crippen LogP contribution in [-0.4, -0.2) is 16.7 Å². The summed E-state index contributed by atoms with van der Waals surface area (Å²) >= 11 is 1.66. The van der Waals surface area contributed by atoms with Crippen LogP contribution in [0, 0.1) is 0 Å². The molecule has 0 spiro atoms. The van der Waals surface area contributed by atoms with Crippen LogP contribution in [0.3, 0.4) is 0 Å². The molecule has 0 saturated carbocycles. The molecule has 2 aromatic rings. The van der Waals surface area contributed by atoms with Crippen molar-refractivity contribution in [1.82, 2.24) is 4.98 Å². The fourth-order valence-electron chi connectivity index (χ4n) is 1.84. The fraction of sp³-hybridized carbons (Fsp3) is 0.438. The molecule has 0 aliphatic carbocycles. The minimum Gasteiger partial charge on any atom is -0.490 e. The topological polar surface area (TPSA) is 51.6 Å². The van der Waals surface area contributed by atoms with Gasteiger partial charge in [0.1, 0.15) is 6.61 Å². The van der Waals surface area contributed by atoms with Crippen molar-refractivity contribution in [3.05, 3.63) is 39.8 Å². The molecule has 1 N–H and O–H groups in total. The maximum Gasteiger partial charge on any atom is 0.161 e. The van der Waals surface area contributed by atoms with Gasteiger partial charge in [-0.05, 0) is 24.6 Å². The van der Waals surface area contributed by atoms with Crippen molar-refractivity contribution in [2.24, 2.45) is 0 Å². The van der Waals surface area contributed by atoms with Crippen LogP contribution in [0.1, 0.15) is 43.0 Å². The maximum absolute atomic E-state index is 9.18. The molecule has 114 valence electrons. The number of aliphatic hydroxyl groups excluding tert-OH is 1. The van der Waals surface area contributed by atoms with Gasteiger partial charge in [0.05, 0.1) is 23.9 Å². The van der Waals surface area contributed by atoms with E-state index in [0.29, 0.717) is 30.6 Å². The monoisotopic (exact) mass is 307 g/mol. The number of rotatable bonds is 7. The maximum atomic E-state index is 9.18. The minimum absolute atomic E-state index is 0.00973. The SMILES string of the molecule is CCOc1cc(CO)ccc1OCc1csc(C(C)C)n1. The number of thiazole rings is 1. The van der Waals surface area contributed by atoms with Crippen LogP contribution in [0.4, 0.5) is 0 Å². The quantitative estimate of drug-likeness (QED) is 0.846. The first-order valence-electron chi connectivity index (χ1n) is 7.07. The molecule has 1 aromatic heterocycles. The molecule has 0 bridgehead atoms. The summed E-state index contributed by atoms with van der Waals surface area (Å²) in [5, 5.41) is 12.3. The summed E-state index contributed by atoms with van der Waals surface area (Å²) in [6.07, 6.45) is 0. The normalized spacial score (nSPS) is 10.9. The molecule has 0 aliphatic heterocycles. The zero-order chi connectivity index (χ0) is 15.2. The minimum atomic E-state index is -0.00973. The molecule has 2 rings (SSSR count). The molecule has 0 amide bonds. The van der Waals surface area contributed by atoms with Crippen LogP contribution in [0.2, 0.25) is 0 Å². The Bertz CT molecular complexity index is 581. The zero-order valence-electron chi connectivity index (χ0n) is 12.6. The van der Waals surface area contributed by atoms with Gasteiger partial charge in [-0.1, -0.05) is 19.9 Å². The molecule has 0 saturated heterocycles. The first-order chi connectivity index (χ1) is 10.1. The van der Waals surface area contributed by atoms with Crippen LogP contribution in [0.5, 0.6) is 11.5 Å². The summed E-state index contributed by atoms with van der Waals surface area (Å²) in [4.78, 5) is 4.55. The number of benzene rings is 1. The van der Waals surface area contributed by atoms with Gasteiger partial charge < -0.3 is 14.6 Å². The van der Waals surface area contributed by atoms with Crippen molar-refractivity contribution in [2.75, 3.05) is 6.61 Å². The Labute approximate surface area is 129 Å². The third-order valence-corrected chi connectivity index (χ3v) is 4.12. The molecule has 0 unspecified atom stereocenters. The summed E-state index contributed by atoms with van der Waals surface area (Å²) in [6.45, 7) is 7.14. The number of hydrogen-bond acceptors (Lipinski definition) is 5. The number of ether oxygens (including phenoxy) is 2. The summed E-state index contributed by atoms with van der Waals surface area (Å²) in [7, 11) is 0. The molecule has 0 radical (unpaired) electrons. The van der Waals surface area contributed by atoms with Gasteiger partial charge in [-0.15, -0.1) is 11.3 Å². The Morgan fingerprint density at radius 2 is 2.05 bits per heavy atom. The highest BCUT2D eigenvalue weighted by atomic mass is 32.1. The van der Waals surface area contributed by atoms with Gasteiger partial charge in [-0.3, -0.25) is 0 Å². The fourth-order valence-corrected chi connectivity index (χ4v) is 2.66. The number of hydrogen-bond donors (Lipinski definition) is 1. The molecular weight excluding hydrogens is 286 g/mol. The molecule has 0 aliphatic rings. The molecule has 21 heavy (non-hydrogen) atoms. The van der Waals surface area contributed by atoms with Crippen LogP contribution in [0.15, 0.2) is 23.6 Å². The predicted octanol–water partition coefficient (Wildman–Crippen LogP) is 3.74. The van der Waals surface area contributed by atoms with Crippen molar-refractivity contribution in [2.45, 2.75) is 39.9 Å². The highest BCUT2D eigenvalue weighted by molar-refractivity contribution is 7.09. The van der Waals surface area contributed by atoms with Gasteiger partial charge >= 0.3 is 0 Å². The van der Waals surface area contributed by atoms with Gasteiger partial charge in [-0.25, -0.2) is 4.98 Å². The van der Waals surface area contributed by atoms with Crippen molar-refractivity contribution >= 4 is 11.3 Å². The van der Waals surface area contributed by atoms with Crippen molar-refractivity contribution in [1.29, 1.82) is 0 Å². The Hall–Kier alpha value is -1.59. The van der Waals surface area contributed by atoms with E-state index in [2.05, 4.69) is 18.8 Å². The average molecular weight is 307 g/mol. The van der Waals surface area contributed by atoms with E-state index in [1.165, 1.54) is 0 Å². The molecular formula is C16H21NO3S. The Balaban J connectivity index is 2.07. The zero-order valence-corrected chi connectivity index (χ0v) is 13.4. The lowest BCUT2D eigenvalue weighted by Crippen LogP contribution is -2.01. The van der Waals surface area contributed by atoms with E-state index in [9.17, 15) is 5.11 Å². The highest BCUT2D eigenvalue weighted by Crippen LogP contribution is 2.29. The first-order valence-corrected chi connectivity index (χ1v) is 7.95. The second kappa shape index (κ2) is 7.43. The lowest BCUT2D eigenvalue weighted by atomic mass is 10.2. The highest BCUT2D eigenvalue weighted by Gasteiger charge is 2.09. The second-order valence-corrected chi connectivity index (χ2v) is 5.88. The van der Waals surface area contributed by atoms with Crippen LogP contribution in [-0.2, 0) is 13.2 Å². The van der Waals surface area contributed by atoms with E-state index >= 15 is 0 Å². The van der Waals surface area contributed by atoms with Crippen LogP contribution < -0.4 is 9.47 Å². The molecule has 1 aromatic carbocycles. The van der Waals surface area contributed by atoms with Crippen LogP contribution >= 0.6 is 11.3 Å². The third-order valence-electron chi connectivity index (χ3n) is 2.93. The van der Waals surface area contributed by atoms with Gasteiger partial charge in [0.25, 0.3) is 0 Å². The molecule has 1 heterocycles. The van der Waals surface area contributed by atoms with E-state index in [0.717, 1.165) is 16.3 Å². The predicted molar refractivity (Wildman–Crippen MR) is 84.1 cm³/mol. The molecule has 5 heteroatoms. The third kappa shape index (κ3) is 4.19. The molecule has 0 fully saturated rings. The smallest absolute Gasteiger partial charge is 0.161 e. The summed E-state index contributed by atoms with van der Waals surface area (Å²) in [5.41, 5.74) is 1.74. The van der Waals surface area contributed by atoms with Crippen LogP contribution in [0.25, 0.3) is 0 Å². The number of aromatic nitrogens is 1. The molecule has 4 nitrogen and oxygen atoms in total. The summed E-state index contributed by atoms with van der Waals surface area (Å²) in [6, 6.07) is 5.46. The second-order valence-electron chi connectivity index (χ2n) is 4.99. The van der Waals surface area contributed by atoms with Gasteiger partial charge in [0, 0.05) is 11.3 Å². The standard InChI is InChI=1S/C16H21NO3S/c1-4-19-15-7-12(8-18)5-6-14(15)20-9-13-10-21-16(17-13)11(2)3/h5-7,10-11,18H,4,8-9H2,1-3H3. The summed E-state index contributed by atoms with van der Waals surface area (Å²) in [5.74, 6) is 1.77. The Kier molecular flexibility index (Phi) is 5.59. The van der Waals surface area contributed by atoms with E-state index in [4.69, 9.17) is 9.47 Å². The lowest BCUT2D eigenvalue weighted by Gasteiger charge is -2.12. The lowest BCUT2D eigenvalue weighted by molar-refractivity contribution is 0.262. The first kappa shape index (κ1) is 15.8. The van der Waals surface area contributed by atoms with Gasteiger partial charge in [0.15, 0.2) is 11.5 Å². The number of nitrogens with zero attached hydrogens (tertiary/aromatic N) is 1. The summed E-state index contributed by atoms with van der Waals surface area (Å²) < 4.78 is 11.4. The van der Waals surface area contributed by atoms with E-state index < -0.39 is 0 Å². The van der Waals surface area contributed by atoms with Gasteiger partial charge in [-0.2, -0.15) is 0 Å². The van der Waals surface area contributed by atoms with Crippen molar-refractivity contribution < 1.29 is 14.6 Å². The van der Waals surface area contributed by atoms with Gasteiger partial charge in [0.2, 0.25) is 0 Å². The van der Waals surface area contributed by atoms with E-state index in [1.807, 2.05) is 24.4 Å². The number of aliphatic hydroxyl groups is 1. The largest absolute Gasteiger partial charge is 0.490 e. The van der Waals surface area contributed by atoms with E-state index in [1.54, 1.807) is 17.4 Å². The average Bonchev–Trinajstić information content (AvgIpc) is 2.95. The Morgan fingerprint density at radius 3 is 2.67 bits per heavy atom. The molecule has 0 atom stereocenters. The Morgan fingerprint density at radius 1 is 1.24 bits per heavy atom. The van der Waals surface area contributed by atoms with E-state index in [-0.39, 0.29) is 6.61 Å². The van der Waals surface area contributed by atoms with Crippen molar-refractivity contribution in [3.8, 4) is 11.5 Å². The van der Waals surface area contributed by atoms with Crippen molar-refractivity contribution in [3.63, 3.8) is 0 Å².